The maximum atomic E-state index is 11.9. The van der Waals surface area contributed by atoms with Crippen LogP contribution < -0.4 is 0 Å². The quantitative estimate of drug-likeness (QED) is 0.765. The zero-order chi connectivity index (χ0) is 15.2. The standard InChI is InChI=1S/C17H22N2O2/c1-4-21-17(20)16-12-14(3)18-19(16)11-5-6-15-9-7-13(2)8-10-15/h7-10,12H,4-6,11H2,1-3H3. The Labute approximate surface area is 125 Å². The number of carbonyl (C=O) groups is 1. The molecule has 2 rings (SSSR count). The summed E-state index contributed by atoms with van der Waals surface area (Å²) in [5.41, 5.74) is 3.96. The van der Waals surface area contributed by atoms with Gasteiger partial charge in [0.15, 0.2) is 0 Å². The van der Waals surface area contributed by atoms with Crippen LogP contribution >= 0.6 is 0 Å². The maximum absolute atomic E-state index is 11.9. The van der Waals surface area contributed by atoms with Gasteiger partial charge in [-0.15, -0.1) is 0 Å². The normalized spacial score (nSPS) is 10.6. The predicted octanol–water partition coefficient (Wildman–Crippen LogP) is 3.31. The summed E-state index contributed by atoms with van der Waals surface area (Å²) in [7, 11) is 0. The van der Waals surface area contributed by atoms with Gasteiger partial charge in [0.25, 0.3) is 0 Å². The largest absolute Gasteiger partial charge is 0.461 e. The van der Waals surface area contributed by atoms with Gasteiger partial charge >= 0.3 is 5.97 Å². The average molecular weight is 286 g/mol. The molecule has 0 aliphatic heterocycles. The number of carbonyl (C=O) groups excluding carboxylic acids is 1. The summed E-state index contributed by atoms with van der Waals surface area (Å²) in [4.78, 5) is 11.9. The number of benzene rings is 1. The van der Waals surface area contributed by atoms with Crippen molar-refractivity contribution in [1.82, 2.24) is 9.78 Å². The van der Waals surface area contributed by atoms with Gasteiger partial charge in [0, 0.05) is 6.54 Å². The number of hydrogen-bond acceptors (Lipinski definition) is 3. The molecular formula is C17H22N2O2. The van der Waals surface area contributed by atoms with Crippen molar-refractivity contribution >= 4 is 5.97 Å². The zero-order valence-electron chi connectivity index (χ0n) is 12.9. The number of aromatic nitrogens is 2. The second-order valence-corrected chi connectivity index (χ2v) is 5.20. The molecule has 1 aromatic carbocycles. The minimum Gasteiger partial charge on any atom is -0.461 e. The van der Waals surface area contributed by atoms with E-state index in [9.17, 15) is 4.79 Å². The molecule has 0 N–H and O–H groups in total. The van der Waals surface area contributed by atoms with E-state index in [2.05, 4.69) is 36.3 Å². The van der Waals surface area contributed by atoms with E-state index in [1.165, 1.54) is 11.1 Å². The topological polar surface area (TPSA) is 44.1 Å². The fourth-order valence-electron chi connectivity index (χ4n) is 2.27. The summed E-state index contributed by atoms with van der Waals surface area (Å²) in [6, 6.07) is 10.3. The Morgan fingerprint density at radius 3 is 2.62 bits per heavy atom. The second kappa shape index (κ2) is 7.07. The highest BCUT2D eigenvalue weighted by molar-refractivity contribution is 5.87. The van der Waals surface area contributed by atoms with Gasteiger partial charge in [-0.25, -0.2) is 4.79 Å². The van der Waals surface area contributed by atoms with Crippen molar-refractivity contribution in [3.8, 4) is 0 Å². The minimum atomic E-state index is -0.298. The highest BCUT2D eigenvalue weighted by Gasteiger charge is 2.14. The molecule has 112 valence electrons. The van der Waals surface area contributed by atoms with Crippen LogP contribution in [0.2, 0.25) is 0 Å². The number of ether oxygens (including phenoxy) is 1. The van der Waals surface area contributed by atoms with Gasteiger partial charge in [-0.2, -0.15) is 5.10 Å². The van der Waals surface area contributed by atoms with E-state index in [0.717, 1.165) is 25.1 Å². The lowest BCUT2D eigenvalue weighted by atomic mass is 10.1. The first-order chi connectivity index (χ1) is 10.1. The molecule has 0 unspecified atom stereocenters. The van der Waals surface area contributed by atoms with Crippen molar-refractivity contribution in [2.75, 3.05) is 6.61 Å². The molecule has 0 fully saturated rings. The Hall–Kier alpha value is -2.10. The van der Waals surface area contributed by atoms with Crippen LogP contribution in [0.4, 0.5) is 0 Å². The van der Waals surface area contributed by atoms with E-state index in [1.807, 2.05) is 13.8 Å². The van der Waals surface area contributed by atoms with Gasteiger partial charge in [0.1, 0.15) is 5.69 Å². The third kappa shape index (κ3) is 4.18. The third-order valence-electron chi connectivity index (χ3n) is 3.34. The predicted molar refractivity (Wildman–Crippen MR) is 82.4 cm³/mol. The number of hydrogen-bond donors (Lipinski definition) is 0. The number of aryl methyl sites for hydroxylation is 4. The molecule has 0 saturated heterocycles. The van der Waals surface area contributed by atoms with Crippen molar-refractivity contribution < 1.29 is 9.53 Å². The van der Waals surface area contributed by atoms with Gasteiger partial charge in [0.2, 0.25) is 0 Å². The summed E-state index contributed by atoms with van der Waals surface area (Å²) in [6.07, 6.45) is 1.91. The molecule has 0 bridgehead atoms. The van der Waals surface area contributed by atoms with Crippen LogP contribution in [0.25, 0.3) is 0 Å². The van der Waals surface area contributed by atoms with Crippen LogP contribution in [0.5, 0.6) is 0 Å². The average Bonchev–Trinajstić information content (AvgIpc) is 2.82. The highest BCUT2D eigenvalue weighted by Crippen LogP contribution is 2.10. The summed E-state index contributed by atoms with van der Waals surface area (Å²) in [6.45, 7) is 6.88. The molecule has 4 nitrogen and oxygen atoms in total. The Morgan fingerprint density at radius 1 is 1.24 bits per heavy atom. The van der Waals surface area contributed by atoms with E-state index in [0.29, 0.717) is 12.3 Å². The van der Waals surface area contributed by atoms with Crippen LogP contribution in [0.3, 0.4) is 0 Å². The molecule has 2 aromatic rings. The molecule has 0 atom stereocenters. The fraction of sp³-hybridized carbons (Fsp3) is 0.412. The molecule has 0 saturated carbocycles. The van der Waals surface area contributed by atoms with E-state index < -0.39 is 0 Å². The molecule has 1 aromatic heterocycles. The number of rotatable bonds is 6. The van der Waals surface area contributed by atoms with Gasteiger partial charge < -0.3 is 4.74 Å². The molecular weight excluding hydrogens is 264 g/mol. The fourth-order valence-corrected chi connectivity index (χ4v) is 2.27. The maximum Gasteiger partial charge on any atom is 0.356 e. The van der Waals surface area contributed by atoms with E-state index in [1.54, 1.807) is 10.7 Å². The highest BCUT2D eigenvalue weighted by atomic mass is 16.5. The van der Waals surface area contributed by atoms with Crippen molar-refractivity contribution in [3.05, 3.63) is 52.8 Å². The lowest BCUT2D eigenvalue weighted by molar-refractivity contribution is 0.0511. The van der Waals surface area contributed by atoms with Gasteiger partial charge in [-0.1, -0.05) is 29.8 Å². The molecule has 0 radical (unpaired) electrons. The lowest BCUT2D eigenvalue weighted by Crippen LogP contribution is -2.13. The third-order valence-corrected chi connectivity index (χ3v) is 3.34. The van der Waals surface area contributed by atoms with E-state index >= 15 is 0 Å². The lowest BCUT2D eigenvalue weighted by Gasteiger charge is -2.07. The van der Waals surface area contributed by atoms with Crippen LogP contribution in [0, 0.1) is 13.8 Å². The van der Waals surface area contributed by atoms with Crippen LogP contribution in [-0.4, -0.2) is 22.4 Å². The van der Waals surface area contributed by atoms with Gasteiger partial charge in [-0.3, -0.25) is 4.68 Å². The molecule has 0 spiro atoms. The Bertz CT molecular complexity index is 600. The Morgan fingerprint density at radius 2 is 1.95 bits per heavy atom. The first-order valence-electron chi connectivity index (χ1n) is 7.37. The molecule has 0 aliphatic carbocycles. The summed E-state index contributed by atoms with van der Waals surface area (Å²) in [5, 5.41) is 4.38. The van der Waals surface area contributed by atoms with Crippen LogP contribution in [-0.2, 0) is 17.7 Å². The number of esters is 1. The molecule has 4 heteroatoms. The van der Waals surface area contributed by atoms with Crippen LogP contribution in [0.15, 0.2) is 30.3 Å². The van der Waals surface area contributed by atoms with Crippen molar-refractivity contribution in [1.29, 1.82) is 0 Å². The monoisotopic (exact) mass is 286 g/mol. The van der Waals surface area contributed by atoms with E-state index in [4.69, 9.17) is 4.74 Å². The summed E-state index contributed by atoms with van der Waals surface area (Å²) >= 11 is 0. The zero-order valence-corrected chi connectivity index (χ0v) is 12.9. The molecule has 0 aliphatic rings. The first kappa shape index (κ1) is 15.3. The van der Waals surface area contributed by atoms with Crippen LogP contribution in [0.1, 0.15) is 40.7 Å². The van der Waals surface area contributed by atoms with Crippen molar-refractivity contribution in [2.24, 2.45) is 0 Å². The molecule has 0 amide bonds. The van der Waals surface area contributed by atoms with Gasteiger partial charge in [0.05, 0.1) is 12.3 Å². The van der Waals surface area contributed by atoms with Gasteiger partial charge in [-0.05, 0) is 45.2 Å². The first-order valence-corrected chi connectivity index (χ1v) is 7.37. The van der Waals surface area contributed by atoms with E-state index in [-0.39, 0.29) is 5.97 Å². The molecule has 21 heavy (non-hydrogen) atoms. The van der Waals surface area contributed by atoms with Crippen molar-refractivity contribution in [3.63, 3.8) is 0 Å². The minimum absolute atomic E-state index is 0.298. The SMILES string of the molecule is CCOC(=O)c1cc(C)nn1CCCc1ccc(C)cc1. The van der Waals surface area contributed by atoms with Crippen molar-refractivity contribution in [2.45, 2.75) is 40.2 Å². The Kier molecular flexibility index (Phi) is 5.14. The summed E-state index contributed by atoms with van der Waals surface area (Å²) in [5.74, 6) is -0.298. The number of nitrogens with zero attached hydrogens (tertiary/aromatic N) is 2. The Balaban J connectivity index is 1.96. The molecule has 1 heterocycles. The smallest absolute Gasteiger partial charge is 0.356 e. The summed E-state index contributed by atoms with van der Waals surface area (Å²) < 4.78 is 6.81. The second-order valence-electron chi connectivity index (χ2n) is 5.20.